The Balaban J connectivity index is 2.45. The number of hydrogen-bond donors (Lipinski definition) is 1. The molecule has 0 saturated carbocycles. The minimum Gasteiger partial charge on any atom is -0.345 e. The van der Waals surface area contributed by atoms with Crippen molar-refractivity contribution in [2.24, 2.45) is 0 Å². The lowest BCUT2D eigenvalue weighted by molar-refractivity contribution is -0.128. The molecular formula is C10H7ClF2N2O2. The largest absolute Gasteiger partial charge is 0.345 e. The van der Waals surface area contributed by atoms with Crippen LogP contribution >= 0.6 is 11.6 Å². The number of hydrogen-bond acceptors (Lipinski definition) is 2. The number of rotatable bonds is 1. The Labute approximate surface area is 100 Å². The van der Waals surface area contributed by atoms with Gasteiger partial charge in [0.05, 0.1) is 17.3 Å². The van der Waals surface area contributed by atoms with Crippen LogP contribution in [0.5, 0.6) is 0 Å². The molecule has 2 amide bonds. The van der Waals surface area contributed by atoms with Gasteiger partial charge in [-0.2, -0.15) is 0 Å². The summed E-state index contributed by atoms with van der Waals surface area (Å²) in [6.45, 7) is -0.562. The van der Waals surface area contributed by atoms with Gasteiger partial charge in [0, 0.05) is 6.07 Å². The van der Waals surface area contributed by atoms with Gasteiger partial charge in [0.15, 0.2) is 5.82 Å². The highest BCUT2D eigenvalue weighted by Gasteiger charge is 2.28. The fourth-order valence-electron chi connectivity index (χ4n) is 1.55. The first-order chi connectivity index (χ1) is 7.99. The van der Waals surface area contributed by atoms with Crippen molar-refractivity contribution >= 4 is 29.1 Å². The van der Waals surface area contributed by atoms with Crippen molar-refractivity contribution in [3.63, 3.8) is 0 Å². The van der Waals surface area contributed by atoms with Crippen LogP contribution < -0.4 is 10.2 Å². The maximum Gasteiger partial charge on any atom is 0.246 e. The predicted molar refractivity (Wildman–Crippen MR) is 56.7 cm³/mol. The molecule has 1 saturated heterocycles. The predicted octanol–water partition coefficient (Wildman–Crippen LogP) is 1.08. The molecule has 0 unspecified atom stereocenters. The quantitative estimate of drug-likeness (QED) is 0.821. The second kappa shape index (κ2) is 4.29. The Kier molecular flexibility index (Phi) is 2.97. The Morgan fingerprint density at radius 1 is 1.29 bits per heavy atom. The summed E-state index contributed by atoms with van der Waals surface area (Å²) in [5.41, 5.74) is -0.270. The first-order valence-corrected chi connectivity index (χ1v) is 5.08. The van der Waals surface area contributed by atoms with E-state index in [4.69, 9.17) is 11.6 Å². The van der Waals surface area contributed by atoms with Crippen molar-refractivity contribution in [2.45, 2.75) is 0 Å². The van der Waals surface area contributed by atoms with E-state index in [1.165, 1.54) is 0 Å². The third kappa shape index (κ3) is 2.21. The summed E-state index contributed by atoms with van der Waals surface area (Å²) in [6, 6.07) is 1.50. The van der Waals surface area contributed by atoms with E-state index < -0.39 is 23.4 Å². The van der Waals surface area contributed by atoms with Crippen LogP contribution in [0.2, 0.25) is 5.02 Å². The van der Waals surface area contributed by atoms with Gasteiger partial charge in [0.2, 0.25) is 11.8 Å². The van der Waals surface area contributed by atoms with Gasteiger partial charge in [-0.05, 0) is 6.07 Å². The van der Waals surface area contributed by atoms with E-state index in [2.05, 4.69) is 5.32 Å². The second-order valence-electron chi connectivity index (χ2n) is 3.47. The molecule has 7 heteroatoms. The van der Waals surface area contributed by atoms with E-state index in [-0.39, 0.29) is 23.8 Å². The molecule has 1 aliphatic heterocycles. The average molecular weight is 261 g/mol. The number of halogens is 3. The van der Waals surface area contributed by atoms with Crippen molar-refractivity contribution in [1.29, 1.82) is 0 Å². The highest BCUT2D eigenvalue weighted by Crippen LogP contribution is 2.30. The van der Waals surface area contributed by atoms with Crippen LogP contribution in [0.15, 0.2) is 12.1 Å². The number of carbonyl (C=O) groups excluding carboxylic acids is 2. The molecule has 0 radical (unpaired) electrons. The first-order valence-electron chi connectivity index (χ1n) is 4.70. The van der Waals surface area contributed by atoms with Crippen LogP contribution in [0.4, 0.5) is 14.5 Å². The smallest absolute Gasteiger partial charge is 0.246 e. The molecule has 1 aromatic rings. The highest BCUT2D eigenvalue weighted by atomic mass is 35.5. The number of piperazine rings is 1. The maximum atomic E-state index is 13.5. The number of amides is 2. The van der Waals surface area contributed by atoms with Crippen molar-refractivity contribution in [2.75, 3.05) is 18.0 Å². The van der Waals surface area contributed by atoms with Gasteiger partial charge in [0.25, 0.3) is 0 Å². The van der Waals surface area contributed by atoms with Gasteiger partial charge in [-0.15, -0.1) is 0 Å². The van der Waals surface area contributed by atoms with Gasteiger partial charge in [0.1, 0.15) is 12.4 Å². The number of nitrogens with zero attached hydrogens (tertiary/aromatic N) is 1. The highest BCUT2D eigenvalue weighted by molar-refractivity contribution is 6.34. The molecule has 1 fully saturated rings. The van der Waals surface area contributed by atoms with Gasteiger partial charge in [-0.1, -0.05) is 11.6 Å². The van der Waals surface area contributed by atoms with Gasteiger partial charge >= 0.3 is 0 Å². The summed E-state index contributed by atoms with van der Waals surface area (Å²) in [7, 11) is 0. The lowest BCUT2D eigenvalue weighted by Gasteiger charge is -2.27. The Hall–Kier alpha value is -1.69. The fraction of sp³-hybridized carbons (Fsp3) is 0.200. The molecule has 17 heavy (non-hydrogen) atoms. The molecule has 90 valence electrons. The number of nitrogens with one attached hydrogen (secondary N) is 1. The Bertz CT molecular complexity index is 484. The van der Waals surface area contributed by atoms with Crippen LogP contribution in [0.25, 0.3) is 0 Å². The van der Waals surface area contributed by atoms with Crippen molar-refractivity contribution < 1.29 is 18.4 Å². The summed E-state index contributed by atoms with van der Waals surface area (Å²) < 4.78 is 26.4. The number of anilines is 1. The van der Waals surface area contributed by atoms with Crippen LogP contribution in [0.3, 0.4) is 0 Å². The minimum atomic E-state index is -0.974. The molecule has 1 aromatic carbocycles. The molecule has 1 aliphatic rings. The lowest BCUT2D eigenvalue weighted by Crippen LogP contribution is -2.52. The lowest BCUT2D eigenvalue weighted by atomic mass is 10.2. The van der Waals surface area contributed by atoms with E-state index in [9.17, 15) is 18.4 Å². The molecule has 0 aromatic heterocycles. The number of carbonyl (C=O) groups is 2. The molecular weight excluding hydrogens is 254 g/mol. The molecule has 0 bridgehead atoms. The Morgan fingerprint density at radius 3 is 2.65 bits per heavy atom. The van der Waals surface area contributed by atoms with E-state index >= 15 is 0 Å². The van der Waals surface area contributed by atoms with E-state index in [1.54, 1.807) is 0 Å². The average Bonchev–Trinajstić information content (AvgIpc) is 2.21. The fourth-order valence-corrected chi connectivity index (χ4v) is 1.85. The molecule has 2 rings (SSSR count). The summed E-state index contributed by atoms with van der Waals surface area (Å²) in [4.78, 5) is 23.6. The standard InChI is InChI=1S/C10H7ClF2N2O2/c11-6-1-5(12)2-7(13)10(6)15-4-8(16)14-3-9(15)17/h1-2H,3-4H2,(H,14,16). The zero-order chi connectivity index (χ0) is 12.6. The normalized spacial score (nSPS) is 16.1. The molecule has 1 N–H and O–H groups in total. The van der Waals surface area contributed by atoms with E-state index in [0.717, 1.165) is 11.0 Å². The Morgan fingerprint density at radius 2 is 2.00 bits per heavy atom. The minimum absolute atomic E-state index is 0.230. The first kappa shape index (κ1) is 11.8. The third-order valence-electron chi connectivity index (χ3n) is 2.29. The van der Waals surface area contributed by atoms with Gasteiger partial charge in [-0.3, -0.25) is 14.5 Å². The zero-order valence-corrected chi connectivity index (χ0v) is 9.22. The SMILES string of the molecule is O=C1CN(c2c(F)cc(F)cc2Cl)C(=O)CN1. The van der Waals surface area contributed by atoms with E-state index in [0.29, 0.717) is 6.07 Å². The third-order valence-corrected chi connectivity index (χ3v) is 2.58. The van der Waals surface area contributed by atoms with Crippen LogP contribution in [-0.2, 0) is 9.59 Å². The molecule has 1 heterocycles. The van der Waals surface area contributed by atoms with E-state index in [1.807, 2.05) is 0 Å². The summed E-state index contributed by atoms with van der Waals surface area (Å²) in [5, 5.41) is 2.07. The van der Waals surface area contributed by atoms with Crippen molar-refractivity contribution in [3.05, 3.63) is 28.8 Å². The van der Waals surface area contributed by atoms with Gasteiger partial charge < -0.3 is 5.32 Å². The van der Waals surface area contributed by atoms with Crippen LogP contribution in [0.1, 0.15) is 0 Å². The van der Waals surface area contributed by atoms with Crippen molar-refractivity contribution in [3.8, 4) is 0 Å². The van der Waals surface area contributed by atoms with Crippen molar-refractivity contribution in [1.82, 2.24) is 5.32 Å². The monoisotopic (exact) mass is 260 g/mol. The summed E-state index contributed by atoms with van der Waals surface area (Å²) in [5.74, 6) is -2.75. The molecule has 0 atom stereocenters. The van der Waals surface area contributed by atoms with Crippen LogP contribution in [0, 0.1) is 11.6 Å². The number of benzene rings is 1. The summed E-state index contributed by atoms with van der Waals surface area (Å²) >= 11 is 5.68. The summed E-state index contributed by atoms with van der Waals surface area (Å²) in [6.07, 6.45) is 0. The maximum absolute atomic E-state index is 13.5. The van der Waals surface area contributed by atoms with Gasteiger partial charge in [-0.25, -0.2) is 8.78 Å². The second-order valence-corrected chi connectivity index (χ2v) is 3.88. The zero-order valence-electron chi connectivity index (χ0n) is 8.47. The molecule has 0 aliphatic carbocycles. The van der Waals surface area contributed by atoms with Crippen LogP contribution in [-0.4, -0.2) is 24.9 Å². The molecule has 0 spiro atoms. The topological polar surface area (TPSA) is 49.4 Å². The molecule has 4 nitrogen and oxygen atoms in total.